The van der Waals surface area contributed by atoms with Crippen molar-refractivity contribution in [2.24, 2.45) is 0 Å². The number of amides is 4. The predicted octanol–water partition coefficient (Wildman–Crippen LogP) is 0.694. The summed E-state index contributed by atoms with van der Waals surface area (Å²) >= 11 is 0. The van der Waals surface area contributed by atoms with Gasteiger partial charge in [-0.1, -0.05) is 6.07 Å². The third-order valence-electron chi connectivity index (χ3n) is 4.36. The summed E-state index contributed by atoms with van der Waals surface area (Å²) in [6.45, 7) is 2.35. The average Bonchev–Trinajstić information content (AvgIpc) is 3.09. The number of fused-ring (bicyclic) bond motifs is 1. The molecule has 0 saturated carbocycles. The number of urea groups is 1. The molecule has 1 saturated heterocycles. The number of aromatic amines is 1. The number of carbonyl (C=O) groups is 4. The number of piperazine rings is 1. The van der Waals surface area contributed by atoms with Crippen LogP contribution in [0.3, 0.4) is 0 Å². The van der Waals surface area contributed by atoms with Gasteiger partial charge in [-0.2, -0.15) is 0 Å². The lowest BCUT2D eigenvalue weighted by Gasteiger charge is -2.32. The van der Waals surface area contributed by atoms with E-state index in [1.165, 1.54) is 4.90 Å². The second kappa shape index (κ2) is 6.87. The average molecular weight is 358 g/mol. The fourth-order valence-corrected chi connectivity index (χ4v) is 2.91. The Morgan fingerprint density at radius 3 is 2.69 bits per heavy atom. The molecule has 2 aromatic rings. The minimum absolute atomic E-state index is 0.0213. The smallest absolute Gasteiger partial charge is 0.330 e. The summed E-state index contributed by atoms with van der Waals surface area (Å²) < 4.78 is 0. The van der Waals surface area contributed by atoms with Gasteiger partial charge in [-0.3, -0.25) is 14.5 Å². The van der Waals surface area contributed by atoms with Crippen molar-refractivity contribution in [3.8, 4) is 0 Å². The lowest BCUT2D eigenvalue weighted by atomic mass is 10.1. The number of carbonyl (C=O) groups excluding carboxylic acids is 3. The normalized spacial score (nSPS) is 16.0. The molecule has 3 rings (SSSR count). The van der Waals surface area contributed by atoms with E-state index >= 15 is 0 Å². The van der Waals surface area contributed by atoms with E-state index in [4.69, 9.17) is 0 Å². The summed E-state index contributed by atoms with van der Waals surface area (Å²) in [6.07, 6.45) is 1.72. The van der Waals surface area contributed by atoms with Gasteiger partial charge in [-0.05, 0) is 36.1 Å². The first-order chi connectivity index (χ1) is 12.4. The molecule has 0 spiro atoms. The molecular formula is C17H18N4O5. The molecule has 0 aliphatic carbocycles. The summed E-state index contributed by atoms with van der Waals surface area (Å²) in [5.41, 5.74) is 1.20. The molecule has 1 unspecified atom stereocenters. The van der Waals surface area contributed by atoms with Crippen molar-refractivity contribution in [3.05, 3.63) is 36.0 Å². The number of rotatable bonds is 4. The predicted molar refractivity (Wildman–Crippen MR) is 91.2 cm³/mol. The van der Waals surface area contributed by atoms with Crippen molar-refractivity contribution in [1.29, 1.82) is 0 Å². The minimum atomic E-state index is -1.34. The van der Waals surface area contributed by atoms with E-state index in [2.05, 4.69) is 10.3 Å². The molecule has 1 atom stereocenters. The summed E-state index contributed by atoms with van der Waals surface area (Å²) in [7, 11) is 0. The minimum Gasteiger partial charge on any atom is -0.479 e. The van der Waals surface area contributed by atoms with E-state index in [0.717, 1.165) is 15.8 Å². The number of imide groups is 1. The highest BCUT2D eigenvalue weighted by Gasteiger charge is 2.37. The van der Waals surface area contributed by atoms with Crippen LogP contribution in [0.5, 0.6) is 0 Å². The van der Waals surface area contributed by atoms with Crippen LogP contribution in [0, 0.1) is 0 Å². The standard InChI is InChI=1S/C17H18N4O5/c1-2-20-7-8-21(15(23)14(20)22)17(26)19-13(16(24)25)11-3-4-12-10(9-11)5-6-18-12/h3-6,9,13,18H,2,7-8H2,1H3,(H,19,26)(H,24,25). The number of carboxylic acid groups (broad SMARTS) is 1. The van der Waals surface area contributed by atoms with Crippen LogP contribution in [-0.2, 0) is 14.4 Å². The highest BCUT2D eigenvalue weighted by Crippen LogP contribution is 2.20. The number of H-pyrrole nitrogens is 1. The maximum atomic E-state index is 12.4. The molecule has 1 aromatic heterocycles. The number of carboxylic acids is 1. The lowest BCUT2D eigenvalue weighted by Crippen LogP contribution is -2.58. The van der Waals surface area contributed by atoms with Crippen LogP contribution >= 0.6 is 0 Å². The first-order valence-corrected chi connectivity index (χ1v) is 8.13. The van der Waals surface area contributed by atoms with Gasteiger partial charge in [-0.15, -0.1) is 0 Å². The van der Waals surface area contributed by atoms with Gasteiger partial charge in [0.15, 0.2) is 6.04 Å². The van der Waals surface area contributed by atoms with Crippen LogP contribution in [0.4, 0.5) is 4.79 Å². The lowest BCUT2D eigenvalue weighted by molar-refractivity contribution is -0.153. The Balaban J connectivity index is 1.79. The molecule has 9 nitrogen and oxygen atoms in total. The van der Waals surface area contributed by atoms with Gasteiger partial charge in [0.05, 0.1) is 0 Å². The Hall–Kier alpha value is -3.36. The molecule has 1 fully saturated rings. The van der Waals surface area contributed by atoms with Gasteiger partial charge in [0, 0.05) is 31.3 Å². The molecule has 0 bridgehead atoms. The summed E-state index contributed by atoms with van der Waals surface area (Å²) in [6, 6.07) is 4.48. The number of aliphatic carboxylic acids is 1. The molecule has 1 aromatic carbocycles. The maximum absolute atomic E-state index is 12.4. The molecule has 3 N–H and O–H groups in total. The molecule has 136 valence electrons. The Labute approximate surface area is 148 Å². The molecule has 9 heteroatoms. The van der Waals surface area contributed by atoms with Crippen molar-refractivity contribution in [2.45, 2.75) is 13.0 Å². The monoisotopic (exact) mass is 358 g/mol. The number of aromatic nitrogens is 1. The molecule has 26 heavy (non-hydrogen) atoms. The molecule has 1 aliphatic rings. The van der Waals surface area contributed by atoms with Gasteiger partial charge in [0.2, 0.25) is 0 Å². The quantitative estimate of drug-likeness (QED) is 0.694. The molecular weight excluding hydrogens is 340 g/mol. The van der Waals surface area contributed by atoms with Crippen LogP contribution < -0.4 is 5.32 Å². The number of nitrogens with zero attached hydrogens (tertiary/aromatic N) is 2. The Morgan fingerprint density at radius 2 is 2.00 bits per heavy atom. The van der Waals surface area contributed by atoms with Crippen LogP contribution in [0.25, 0.3) is 10.9 Å². The topological polar surface area (TPSA) is 123 Å². The highest BCUT2D eigenvalue weighted by atomic mass is 16.4. The first-order valence-electron chi connectivity index (χ1n) is 8.13. The van der Waals surface area contributed by atoms with Gasteiger partial charge in [-0.25, -0.2) is 9.59 Å². The van der Waals surface area contributed by atoms with Crippen molar-refractivity contribution in [1.82, 2.24) is 20.1 Å². The Morgan fingerprint density at radius 1 is 1.23 bits per heavy atom. The van der Waals surface area contributed by atoms with Crippen LogP contribution in [0.1, 0.15) is 18.5 Å². The second-order valence-electron chi connectivity index (χ2n) is 5.89. The van der Waals surface area contributed by atoms with Crippen molar-refractivity contribution in [3.63, 3.8) is 0 Å². The summed E-state index contributed by atoms with van der Waals surface area (Å²) in [5, 5.41) is 12.6. The largest absolute Gasteiger partial charge is 0.479 e. The second-order valence-corrected chi connectivity index (χ2v) is 5.89. The van der Waals surface area contributed by atoms with Crippen LogP contribution in [0.15, 0.2) is 30.5 Å². The SMILES string of the molecule is CCN1CCN(C(=O)NC(C(=O)O)c2ccc3[nH]ccc3c2)C(=O)C1=O. The van der Waals surface area contributed by atoms with Gasteiger partial charge < -0.3 is 20.3 Å². The highest BCUT2D eigenvalue weighted by molar-refractivity contribution is 6.38. The van der Waals surface area contributed by atoms with Crippen molar-refractivity contribution < 1.29 is 24.3 Å². The zero-order valence-electron chi connectivity index (χ0n) is 14.1. The fraction of sp³-hybridized carbons (Fsp3) is 0.294. The van der Waals surface area contributed by atoms with Crippen LogP contribution in [0.2, 0.25) is 0 Å². The van der Waals surface area contributed by atoms with E-state index in [1.54, 1.807) is 37.4 Å². The van der Waals surface area contributed by atoms with Gasteiger partial charge in [0.1, 0.15) is 0 Å². The summed E-state index contributed by atoms with van der Waals surface area (Å²) in [4.78, 5) is 53.1. The molecule has 4 amide bonds. The number of hydrogen-bond donors (Lipinski definition) is 3. The van der Waals surface area contributed by atoms with Gasteiger partial charge >= 0.3 is 23.8 Å². The third kappa shape index (κ3) is 3.10. The van der Waals surface area contributed by atoms with Crippen LogP contribution in [-0.4, -0.2) is 63.3 Å². The van der Waals surface area contributed by atoms with E-state index in [0.29, 0.717) is 12.1 Å². The first kappa shape index (κ1) is 17.5. The van der Waals surface area contributed by atoms with Crippen molar-refractivity contribution >= 4 is 34.7 Å². The Bertz CT molecular complexity index is 890. The zero-order chi connectivity index (χ0) is 18.8. The number of benzene rings is 1. The Kier molecular flexibility index (Phi) is 4.61. The maximum Gasteiger partial charge on any atom is 0.330 e. The molecule has 1 aliphatic heterocycles. The van der Waals surface area contributed by atoms with Crippen molar-refractivity contribution in [2.75, 3.05) is 19.6 Å². The van der Waals surface area contributed by atoms with E-state index in [1.807, 2.05) is 0 Å². The number of hydrogen-bond acceptors (Lipinski definition) is 4. The summed E-state index contributed by atoms with van der Waals surface area (Å²) in [5.74, 6) is -2.99. The number of nitrogens with one attached hydrogen (secondary N) is 2. The number of likely N-dealkylation sites (N-methyl/N-ethyl adjacent to an activating group) is 1. The molecule has 0 radical (unpaired) electrons. The third-order valence-corrected chi connectivity index (χ3v) is 4.36. The van der Waals surface area contributed by atoms with E-state index in [-0.39, 0.29) is 13.1 Å². The van der Waals surface area contributed by atoms with Gasteiger partial charge in [0.25, 0.3) is 0 Å². The fourth-order valence-electron chi connectivity index (χ4n) is 2.91. The molecule has 2 heterocycles. The zero-order valence-corrected chi connectivity index (χ0v) is 14.1. The van der Waals surface area contributed by atoms with E-state index in [9.17, 15) is 24.3 Å². The van der Waals surface area contributed by atoms with E-state index < -0.39 is 29.9 Å².